The van der Waals surface area contributed by atoms with Gasteiger partial charge in [0.25, 0.3) is 0 Å². The van der Waals surface area contributed by atoms with Gasteiger partial charge in [-0.2, -0.15) is 0 Å². The van der Waals surface area contributed by atoms with Crippen LogP contribution < -0.4 is 14.8 Å². The molecule has 0 amide bonds. The number of nitrogens with one attached hydrogen (secondary N) is 1. The number of fused-ring (bicyclic) bond motifs is 1. The van der Waals surface area contributed by atoms with Gasteiger partial charge in [-0.1, -0.05) is 19.9 Å². The third kappa shape index (κ3) is 2.78. The lowest BCUT2D eigenvalue weighted by Crippen LogP contribution is -2.28. The van der Waals surface area contributed by atoms with Crippen LogP contribution in [0, 0.1) is 6.92 Å². The van der Waals surface area contributed by atoms with Crippen LogP contribution in [0.25, 0.3) is 0 Å². The highest BCUT2D eigenvalue weighted by Gasteiger charge is 2.23. The molecule has 100 valence electrons. The highest BCUT2D eigenvalue weighted by Crippen LogP contribution is 2.39. The van der Waals surface area contributed by atoms with E-state index in [1.807, 2.05) is 6.07 Å². The lowest BCUT2D eigenvalue weighted by Gasteiger charge is -2.22. The van der Waals surface area contributed by atoms with E-state index in [-0.39, 0.29) is 0 Å². The molecule has 1 N–H and O–H groups in total. The number of hydrogen-bond acceptors (Lipinski definition) is 3. The van der Waals surface area contributed by atoms with Gasteiger partial charge in [-0.3, -0.25) is 0 Å². The predicted octanol–water partition coefficient (Wildman–Crippen LogP) is 3.22. The SMILES string of the molecule is COc1cc(C)cc2c1OCCCC2NC(C)C. The van der Waals surface area contributed by atoms with Crippen molar-refractivity contribution in [1.82, 2.24) is 5.32 Å². The maximum Gasteiger partial charge on any atom is 0.165 e. The fourth-order valence-corrected chi connectivity index (χ4v) is 2.52. The van der Waals surface area contributed by atoms with E-state index in [2.05, 4.69) is 32.2 Å². The second-order valence-electron chi connectivity index (χ2n) is 5.25. The molecule has 1 aliphatic heterocycles. The molecule has 1 unspecified atom stereocenters. The Morgan fingerprint density at radius 3 is 2.83 bits per heavy atom. The van der Waals surface area contributed by atoms with Gasteiger partial charge >= 0.3 is 0 Å². The molecule has 0 saturated carbocycles. The van der Waals surface area contributed by atoms with Crippen molar-refractivity contribution in [1.29, 1.82) is 0 Å². The molecule has 0 spiro atoms. The molecule has 0 radical (unpaired) electrons. The summed E-state index contributed by atoms with van der Waals surface area (Å²) in [7, 11) is 1.70. The zero-order valence-corrected chi connectivity index (χ0v) is 11.7. The molecule has 1 aromatic carbocycles. The predicted molar refractivity (Wildman–Crippen MR) is 73.5 cm³/mol. The molecule has 1 aromatic rings. The molecular formula is C15H23NO2. The molecule has 18 heavy (non-hydrogen) atoms. The summed E-state index contributed by atoms with van der Waals surface area (Å²) in [6.07, 6.45) is 2.18. The fraction of sp³-hybridized carbons (Fsp3) is 0.600. The highest BCUT2D eigenvalue weighted by atomic mass is 16.5. The van der Waals surface area contributed by atoms with E-state index in [9.17, 15) is 0 Å². The van der Waals surface area contributed by atoms with E-state index in [1.54, 1.807) is 7.11 Å². The second-order valence-corrected chi connectivity index (χ2v) is 5.25. The van der Waals surface area contributed by atoms with Crippen LogP contribution >= 0.6 is 0 Å². The largest absolute Gasteiger partial charge is 0.493 e. The number of ether oxygens (including phenoxy) is 2. The van der Waals surface area contributed by atoms with Crippen molar-refractivity contribution in [3.8, 4) is 11.5 Å². The zero-order valence-electron chi connectivity index (χ0n) is 11.7. The quantitative estimate of drug-likeness (QED) is 0.892. The Labute approximate surface area is 109 Å². The van der Waals surface area contributed by atoms with Crippen LogP contribution in [0.2, 0.25) is 0 Å². The molecule has 1 atom stereocenters. The molecular weight excluding hydrogens is 226 g/mol. The van der Waals surface area contributed by atoms with E-state index >= 15 is 0 Å². The first-order valence-corrected chi connectivity index (χ1v) is 6.69. The summed E-state index contributed by atoms with van der Waals surface area (Å²) in [4.78, 5) is 0. The summed E-state index contributed by atoms with van der Waals surface area (Å²) in [6.45, 7) is 7.22. The fourth-order valence-electron chi connectivity index (χ4n) is 2.52. The Kier molecular flexibility index (Phi) is 4.12. The molecule has 1 heterocycles. The van der Waals surface area contributed by atoms with Crippen LogP contribution in [0.4, 0.5) is 0 Å². The van der Waals surface area contributed by atoms with Crippen molar-refractivity contribution < 1.29 is 9.47 Å². The topological polar surface area (TPSA) is 30.5 Å². The van der Waals surface area contributed by atoms with Gasteiger partial charge in [0.05, 0.1) is 13.7 Å². The highest BCUT2D eigenvalue weighted by molar-refractivity contribution is 5.51. The minimum Gasteiger partial charge on any atom is -0.493 e. The zero-order chi connectivity index (χ0) is 13.1. The van der Waals surface area contributed by atoms with Crippen molar-refractivity contribution >= 4 is 0 Å². The van der Waals surface area contributed by atoms with Crippen molar-refractivity contribution in [3.05, 3.63) is 23.3 Å². The van der Waals surface area contributed by atoms with E-state index in [0.29, 0.717) is 12.1 Å². The van der Waals surface area contributed by atoms with Crippen molar-refractivity contribution in [2.45, 2.75) is 45.7 Å². The van der Waals surface area contributed by atoms with Gasteiger partial charge in [-0.05, 0) is 31.4 Å². The summed E-state index contributed by atoms with van der Waals surface area (Å²) in [5.74, 6) is 1.77. The number of hydrogen-bond donors (Lipinski definition) is 1. The number of aryl methyl sites for hydroxylation is 1. The number of methoxy groups -OCH3 is 1. The Balaban J connectivity index is 2.43. The molecule has 3 nitrogen and oxygen atoms in total. The van der Waals surface area contributed by atoms with Crippen molar-refractivity contribution in [2.24, 2.45) is 0 Å². The average Bonchev–Trinajstić information content (AvgIpc) is 2.51. The van der Waals surface area contributed by atoms with E-state index in [0.717, 1.165) is 30.9 Å². The summed E-state index contributed by atoms with van der Waals surface area (Å²) in [5, 5.41) is 3.62. The Morgan fingerprint density at radius 2 is 2.17 bits per heavy atom. The third-order valence-corrected chi connectivity index (χ3v) is 3.24. The summed E-state index contributed by atoms with van der Waals surface area (Å²) < 4.78 is 11.3. The molecule has 0 fully saturated rings. The monoisotopic (exact) mass is 249 g/mol. The summed E-state index contributed by atoms with van der Waals surface area (Å²) in [6, 6.07) is 5.07. The lowest BCUT2D eigenvalue weighted by atomic mass is 9.99. The second kappa shape index (κ2) is 5.61. The lowest BCUT2D eigenvalue weighted by molar-refractivity contribution is 0.293. The van der Waals surface area contributed by atoms with Crippen LogP contribution in [0.15, 0.2) is 12.1 Å². The smallest absolute Gasteiger partial charge is 0.165 e. The van der Waals surface area contributed by atoms with Gasteiger partial charge in [-0.15, -0.1) is 0 Å². The molecule has 0 aromatic heterocycles. The summed E-state index contributed by atoms with van der Waals surface area (Å²) >= 11 is 0. The molecule has 2 rings (SSSR count). The first-order chi connectivity index (χ1) is 8.61. The molecule has 3 heteroatoms. The first kappa shape index (κ1) is 13.2. The third-order valence-electron chi connectivity index (χ3n) is 3.24. The van der Waals surface area contributed by atoms with E-state index in [4.69, 9.17) is 9.47 Å². The van der Waals surface area contributed by atoms with Crippen molar-refractivity contribution in [2.75, 3.05) is 13.7 Å². The van der Waals surface area contributed by atoms with Gasteiger partial charge in [0.15, 0.2) is 11.5 Å². The molecule has 0 saturated heterocycles. The van der Waals surface area contributed by atoms with Gasteiger partial charge in [0.1, 0.15) is 0 Å². The molecule has 0 aliphatic carbocycles. The molecule has 1 aliphatic rings. The van der Waals surface area contributed by atoms with Gasteiger partial charge < -0.3 is 14.8 Å². The number of rotatable bonds is 3. The van der Waals surface area contributed by atoms with Crippen LogP contribution in [0.3, 0.4) is 0 Å². The number of benzene rings is 1. The van der Waals surface area contributed by atoms with E-state index in [1.165, 1.54) is 11.1 Å². The van der Waals surface area contributed by atoms with Gasteiger partial charge in [-0.25, -0.2) is 0 Å². The minimum atomic E-state index is 0.358. The van der Waals surface area contributed by atoms with Gasteiger partial charge in [0, 0.05) is 17.6 Å². The van der Waals surface area contributed by atoms with Crippen molar-refractivity contribution in [3.63, 3.8) is 0 Å². The summed E-state index contributed by atoms with van der Waals surface area (Å²) in [5.41, 5.74) is 2.45. The van der Waals surface area contributed by atoms with Gasteiger partial charge in [0.2, 0.25) is 0 Å². The van der Waals surface area contributed by atoms with Crippen LogP contribution in [0.5, 0.6) is 11.5 Å². The normalized spacial score (nSPS) is 19.1. The Morgan fingerprint density at radius 1 is 1.39 bits per heavy atom. The standard InChI is InChI=1S/C15H23NO2/c1-10(2)16-13-6-5-7-18-15-12(13)8-11(3)9-14(15)17-4/h8-10,13,16H,5-7H2,1-4H3. The van der Waals surface area contributed by atoms with Crippen LogP contribution in [-0.4, -0.2) is 19.8 Å². The van der Waals surface area contributed by atoms with Crippen LogP contribution in [0.1, 0.15) is 43.9 Å². The van der Waals surface area contributed by atoms with Crippen LogP contribution in [-0.2, 0) is 0 Å². The maximum absolute atomic E-state index is 5.87. The minimum absolute atomic E-state index is 0.358. The Hall–Kier alpha value is -1.22. The first-order valence-electron chi connectivity index (χ1n) is 6.69. The average molecular weight is 249 g/mol. The maximum atomic E-state index is 5.87. The molecule has 0 bridgehead atoms. The Bertz CT molecular complexity index is 415. The van der Waals surface area contributed by atoms with E-state index < -0.39 is 0 Å².